The Kier molecular flexibility index (Phi) is 3.25. The molecule has 5 nitrogen and oxygen atoms in total. The van der Waals surface area contributed by atoms with Gasteiger partial charge in [0.05, 0.1) is 0 Å². The van der Waals surface area contributed by atoms with Crippen LogP contribution in [0.25, 0.3) is 0 Å². The van der Waals surface area contributed by atoms with E-state index >= 15 is 0 Å². The predicted molar refractivity (Wildman–Crippen MR) is 78.1 cm³/mol. The van der Waals surface area contributed by atoms with Crippen molar-refractivity contribution in [2.45, 2.75) is 44.1 Å². The van der Waals surface area contributed by atoms with E-state index in [-0.39, 0.29) is 5.91 Å². The minimum atomic E-state index is 0.0740. The highest BCUT2D eigenvalue weighted by atomic mass is 16.5. The molecule has 21 heavy (non-hydrogen) atoms. The molecule has 3 fully saturated rings. The molecule has 2 atom stereocenters. The summed E-state index contributed by atoms with van der Waals surface area (Å²) in [5, 5.41) is 4.03. The molecule has 3 heterocycles. The quantitative estimate of drug-likeness (QED) is 0.836. The maximum Gasteiger partial charge on any atom is 0.276 e. The Balaban J connectivity index is 1.51. The van der Waals surface area contributed by atoms with Gasteiger partial charge < -0.3 is 14.3 Å². The topological polar surface area (TPSA) is 49.6 Å². The molecule has 2 aliphatic heterocycles. The second kappa shape index (κ2) is 5.13. The Bertz CT molecular complexity index is 537. The SMILES string of the molecule is CN1CC[C@@H]2[C@@H](CCCN2C(=O)c2cc(C3CC3)on2)C1. The van der Waals surface area contributed by atoms with E-state index in [1.807, 2.05) is 6.07 Å². The van der Waals surface area contributed by atoms with E-state index in [9.17, 15) is 4.79 Å². The van der Waals surface area contributed by atoms with Crippen LogP contribution in [-0.4, -0.2) is 53.6 Å². The van der Waals surface area contributed by atoms with Crippen molar-refractivity contribution in [2.24, 2.45) is 5.92 Å². The summed E-state index contributed by atoms with van der Waals surface area (Å²) in [4.78, 5) is 17.2. The third-order valence-corrected chi connectivity index (χ3v) is 5.26. The van der Waals surface area contributed by atoms with E-state index in [4.69, 9.17) is 4.52 Å². The summed E-state index contributed by atoms with van der Waals surface area (Å²) in [6.45, 7) is 3.06. The van der Waals surface area contributed by atoms with E-state index in [2.05, 4.69) is 22.0 Å². The van der Waals surface area contributed by atoms with E-state index in [1.54, 1.807) is 0 Å². The molecule has 0 aromatic carbocycles. The van der Waals surface area contributed by atoms with Crippen molar-refractivity contribution in [3.05, 3.63) is 17.5 Å². The zero-order valence-electron chi connectivity index (χ0n) is 12.6. The first-order valence-electron chi connectivity index (χ1n) is 8.18. The number of piperidine rings is 2. The number of carbonyl (C=O) groups is 1. The molecule has 1 amide bonds. The zero-order chi connectivity index (χ0) is 14.4. The van der Waals surface area contributed by atoms with Gasteiger partial charge in [-0.15, -0.1) is 0 Å². The van der Waals surface area contributed by atoms with E-state index in [1.165, 1.54) is 19.3 Å². The molecule has 5 heteroatoms. The van der Waals surface area contributed by atoms with Crippen LogP contribution in [0.2, 0.25) is 0 Å². The van der Waals surface area contributed by atoms with Gasteiger partial charge in [0, 0.05) is 31.1 Å². The van der Waals surface area contributed by atoms with Gasteiger partial charge in [-0.2, -0.15) is 0 Å². The van der Waals surface area contributed by atoms with Gasteiger partial charge in [0.1, 0.15) is 5.76 Å². The lowest BCUT2D eigenvalue weighted by atomic mass is 9.84. The Labute approximate surface area is 125 Å². The Morgan fingerprint density at radius 1 is 1.29 bits per heavy atom. The van der Waals surface area contributed by atoms with Crippen LogP contribution in [0.1, 0.15) is 54.3 Å². The largest absolute Gasteiger partial charge is 0.360 e. The second-order valence-corrected chi connectivity index (χ2v) is 6.91. The highest BCUT2D eigenvalue weighted by Crippen LogP contribution is 2.40. The van der Waals surface area contributed by atoms with Crippen molar-refractivity contribution < 1.29 is 9.32 Å². The molecule has 0 N–H and O–H groups in total. The Hall–Kier alpha value is -1.36. The summed E-state index contributed by atoms with van der Waals surface area (Å²) in [6, 6.07) is 2.27. The number of rotatable bonds is 2. The van der Waals surface area contributed by atoms with E-state index < -0.39 is 0 Å². The molecular weight excluding hydrogens is 266 g/mol. The van der Waals surface area contributed by atoms with Crippen LogP contribution < -0.4 is 0 Å². The van der Waals surface area contributed by atoms with Crippen LogP contribution in [0.5, 0.6) is 0 Å². The Morgan fingerprint density at radius 2 is 2.14 bits per heavy atom. The first-order valence-corrected chi connectivity index (χ1v) is 8.18. The molecule has 0 unspecified atom stereocenters. The highest BCUT2D eigenvalue weighted by molar-refractivity contribution is 5.92. The summed E-state index contributed by atoms with van der Waals surface area (Å²) in [5.41, 5.74) is 0.511. The third kappa shape index (κ3) is 2.48. The van der Waals surface area contributed by atoms with Crippen LogP contribution in [-0.2, 0) is 0 Å². The molecule has 0 spiro atoms. The summed E-state index contributed by atoms with van der Waals surface area (Å²) < 4.78 is 5.35. The smallest absolute Gasteiger partial charge is 0.276 e. The standard InChI is InChI=1S/C16H23N3O2/c1-18-8-6-14-12(10-18)3-2-7-19(14)16(20)13-9-15(21-17-13)11-4-5-11/h9,11-12,14H,2-8,10H2,1H3/t12-,14+/m0/s1. The highest BCUT2D eigenvalue weighted by Gasteiger charge is 2.38. The molecule has 1 aromatic rings. The number of likely N-dealkylation sites (tertiary alicyclic amines) is 2. The number of carbonyl (C=O) groups excluding carboxylic acids is 1. The fraction of sp³-hybridized carbons (Fsp3) is 0.750. The third-order valence-electron chi connectivity index (χ3n) is 5.26. The molecule has 4 rings (SSSR count). The summed E-state index contributed by atoms with van der Waals surface area (Å²) in [7, 11) is 2.18. The molecule has 1 aromatic heterocycles. The number of fused-ring (bicyclic) bond motifs is 1. The maximum atomic E-state index is 12.8. The van der Waals surface area contributed by atoms with Crippen molar-refractivity contribution in [1.82, 2.24) is 15.0 Å². The second-order valence-electron chi connectivity index (χ2n) is 6.91. The summed E-state index contributed by atoms with van der Waals surface area (Å²) >= 11 is 0. The fourth-order valence-electron chi connectivity index (χ4n) is 3.93. The van der Waals surface area contributed by atoms with Gasteiger partial charge >= 0.3 is 0 Å². The van der Waals surface area contributed by atoms with E-state index in [0.717, 1.165) is 38.2 Å². The van der Waals surface area contributed by atoms with Crippen molar-refractivity contribution in [2.75, 3.05) is 26.7 Å². The lowest BCUT2D eigenvalue weighted by Crippen LogP contribution is -2.55. The molecule has 0 radical (unpaired) electrons. The van der Waals surface area contributed by atoms with Gasteiger partial charge in [-0.25, -0.2) is 0 Å². The molecule has 0 bridgehead atoms. The van der Waals surface area contributed by atoms with Crippen molar-refractivity contribution in [3.8, 4) is 0 Å². The number of nitrogens with zero attached hydrogens (tertiary/aromatic N) is 3. The number of hydrogen-bond acceptors (Lipinski definition) is 4. The normalized spacial score (nSPS) is 30.2. The average molecular weight is 289 g/mol. The number of aromatic nitrogens is 1. The van der Waals surface area contributed by atoms with E-state index in [0.29, 0.717) is 23.6 Å². The van der Waals surface area contributed by atoms with Gasteiger partial charge in [-0.05, 0) is 51.6 Å². The first kappa shape index (κ1) is 13.3. The zero-order valence-corrected chi connectivity index (χ0v) is 12.6. The molecule has 3 aliphatic rings. The van der Waals surface area contributed by atoms with Gasteiger partial charge in [0.2, 0.25) is 0 Å². The molecule has 1 saturated carbocycles. The summed E-state index contributed by atoms with van der Waals surface area (Å²) in [5.74, 6) is 2.10. The predicted octanol–water partition coefficient (Wildman–Crippen LogP) is 2.11. The van der Waals surface area contributed by atoms with Gasteiger partial charge in [-0.3, -0.25) is 4.79 Å². The fourth-order valence-corrected chi connectivity index (χ4v) is 3.93. The lowest BCUT2D eigenvalue weighted by molar-refractivity contribution is 0.0246. The van der Waals surface area contributed by atoms with Crippen LogP contribution in [0, 0.1) is 5.92 Å². The van der Waals surface area contributed by atoms with Crippen LogP contribution in [0.15, 0.2) is 10.6 Å². The lowest BCUT2D eigenvalue weighted by Gasteiger charge is -2.46. The minimum Gasteiger partial charge on any atom is -0.360 e. The van der Waals surface area contributed by atoms with Crippen molar-refractivity contribution >= 4 is 5.91 Å². The summed E-state index contributed by atoms with van der Waals surface area (Å²) in [6.07, 6.45) is 5.77. The van der Waals surface area contributed by atoms with Crippen LogP contribution in [0.4, 0.5) is 0 Å². The van der Waals surface area contributed by atoms with Crippen LogP contribution in [0.3, 0.4) is 0 Å². The molecule has 2 saturated heterocycles. The van der Waals surface area contributed by atoms with Crippen molar-refractivity contribution in [1.29, 1.82) is 0 Å². The Morgan fingerprint density at radius 3 is 2.95 bits per heavy atom. The van der Waals surface area contributed by atoms with Crippen LogP contribution >= 0.6 is 0 Å². The number of hydrogen-bond donors (Lipinski definition) is 0. The molecule has 114 valence electrons. The molecule has 1 aliphatic carbocycles. The maximum absolute atomic E-state index is 12.8. The number of amides is 1. The average Bonchev–Trinajstić information content (AvgIpc) is 3.23. The monoisotopic (exact) mass is 289 g/mol. The van der Waals surface area contributed by atoms with Gasteiger partial charge in [0.25, 0.3) is 5.91 Å². The minimum absolute atomic E-state index is 0.0740. The van der Waals surface area contributed by atoms with Crippen molar-refractivity contribution in [3.63, 3.8) is 0 Å². The first-order chi connectivity index (χ1) is 10.2. The van der Waals surface area contributed by atoms with Gasteiger partial charge in [0.15, 0.2) is 5.69 Å². The molecular formula is C16H23N3O2. The van der Waals surface area contributed by atoms with Gasteiger partial charge in [-0.1, -0.05) is 5.16 Å².